The lowest BCUT2D eigenvalue weighted by molar-refractivity contribution is 0.0947. The molecule has 0 spiro atoms. The number of rotatable bonds is 10. The molecule has 1 aliphatic heterocycles. The number of piperidine rings is 1. The maximum Gasteiger partial charge on any atom is 0.251 e. The third-order valence-corrected chi connectivity index (χ3v) is 4.93. The van der Waals surface area contributed by atoms with Crippen molar-refractivity contribution in [2.75, 3.05) is 32.8 Å². The highest BCUT2D eigenvalue weighted by Crippen LogP contribution is 2.28. The first-order valence-electron chi connectivity index (χ1n) is 10.1. The van der Waals surface area contributed by atoms with Gasteiger partial charge in [-0.1, -0.05) is 13.3 Å². The Kier molecular flexibility index (Phi) is 8.75. The fraction of sp³-hybridized carbons (Fsp3) is 0.667. The van der Waals surface area contributed by atoms with Crippen molar-refractivity contribution < 1.29 is 14.3 Å². The molecule has 146 valence electrons. The summed E-state index contributed by atoms with van der Waals surface area (Å²) in [5, 5.41) is 3.03. The van der Waals surface area contributed by atoms with Crippen LogP contribution >= 0.6 is 0 Å². The first-order valence-corrected chi connectivity index (χ1v) is 10.1. The van der Waals surface area contributed by atoms with Crippen molar-refractivity contribution in [3.8, 4) is 11.5 Å². The van der Waals surface area contributed by atoms with Gasteiger partial charge in [0, 0.05) is 24.7 Å². The second-order valence-electron chi connectivity index (χ2n) is 6.73. The summed E-state index contributed by atoms with van der Waals surface area (Å²) < 4.78 is 11.1. The molecule has 1 atom stereocenters. The smallest absolute Gasteiger partial charge is 0.251 e. The van der Waals surface area contributed by atoms with Crippen LogP contribution in [0.1, 0.15) is 63.2 Å². The quantitative estimate of drug-likeness (QED) is 0.642. The molecule has 0 aromatic heterocycles. The van der Waals surface area contributed by atoms with Crippen molar-refractivity contribution in [3.63, 3.8) is 0 Å². The van der Waals surface area contributed by atoms with Gasteiger partial charge in [-0.25, -0.2) is 0 Å². The third kappa shape index (κ3) is 5.90. The van der Waals surface area contributed by atoms with Crippen LogP contribution in [0.5, 0.6) is 11.5 Å². The van der Waals surface area contributed by atoms with Crippen molar-refractivity contribution in [2.45, 2.75) is 58.9 Å². The van der Waals surface area contributed by atoms with Gasteiger partial charge >= 0.3 is 0 Å². The van der Waals surface area contributed by atoms with E-state index in [1.165, 1.54) is 32.2 Å². The average Bonchev–Trinajstić information content (AvgIpc) is 2.67. The Labute approximate surface area is 158 Å². The van der Waals surface area contributed by atoms with Gasteiger partial charge in [0.15, 0.2) is 11.5 Å². The molecule has 5 nitrogen and oxygen atoms in total. The molecular formula is C21H34N2O3. The Morgan fingerprint density at radius 3 is 2.65 bits per heavy atom. The lowest BCUT2D eigenvalue weighted by Gasteiger charge is -2.35. The van der Waals surface area contributed by atoms with E-state index in [-0.39, 0.29) is 5.91 Å². The van der Waals surface area contributed by atoms with Crippen LogP contribution in [-0.2, 0) is 0 Å². The standard InChI is InChI=1S/C21H34N2O3/c1-4-18-10-7-8-14-23(18)15-9-13-22-21(24)17-11-12-19(25-5-2)20(16-17)26-6-3/h11-12,16,18H,4-10,13-15H2,1-3H3,(H,22,24)/t18-/m1/s1. The maximum atomic E-state index is 12.4. The molecule has 1 aromatic carbocycles. The van der Waals surface area contributed by atoms with Crippen LogP contribution in [0.3, 0.4) is 0 Å². The van der Waals surface area contributed by atoms with E-state index in [2.05, 4.69) is 17.1 Å². The molecule has 5 heteroatoms. The number of carbonyl (C=O) groups is 1. The molecule has 0 saturated carbocycles. The van der Waals surface area contributed by atoms with Crippen molar-refractivity contribution in [3.05, 3.63) is 23.8 Å². The van der Waals surface area contributed by atoms with Gasteiger partial charge in [0.1, 0.15) is 0 Å². The van der Waals surface area contributed by atoms with Gasteiger partial charge < -0.3 is 19.7 Å². The van der Waals surface area contributed by atoms with Crippen molar-refractivity contribution >= 4 is 5.91 Å². The van der Waals surface area contributed by atoms with E-state index in [9.17, 15) is 4.79 Å². The number of hydrogen-bond acceptors (Lipinski definition) is 4. The lowest BCUT2D eigenvalue weighted by Crippen LogP contribution is -2.40. The van der Waals surface area contributed by atoms with E-state index >= 15 is 0 Å². The molecule has 1 aromatic rings. The zero-order valence-corrected chi connectivity index (χ0v) is 16.6. The second-order valence-corrected chi connectivity index (χ2v) is 6.73. The SMILES string of the molecule is CCOc1ccc(C(=O)NCCCN2CCCC[C@H]2CC)cc1OCC. The Bertz CT molecular complexity index is 562. The van der Waals surface area contributed by atoms with E-state index in [0.29, 0.717) is 36.8 Å². The average molecular weight is 363 g/mol. The predicted molar refractivity (Wildman–Crippen MR) is 105 cm³/mol. The van der Waals surface area contributed by atoms with Gasteiger partial charge in [-0.05, 0) is 64.3 Å². The summed E-state index contributed by atoms with van der Waals surface area (Å²) in [6.07, 6.45) is 6.17. The minimum Gasteiger partial charge on any atom is -0.490 e. The van der Waals surface area contributed by atoms with Gasteiger partial charge in [0.25, 0.3) is 5.91 Å². The number of likely N-dealkylation sites (tertiary alicyclic amines) is 1. The highest BCUT2D eigenvalue weighted by atomic mass is 16.5. The molecule has 1 N–H and O–H groups in total. The van der Waals surface area contributed by atoms with Gasteiger partial charge in [-0.3, -0.25) is 4.79 Å². The first-order chi connectivity index (χ1) is 12.7. The Balaban J connectivity index is 1.82. The third-order valence-electron chi connectivity index (χ3n) is 4.93. The normalized spacial score (nSPS) is 17.7. The van der Waals surface area contributed by atoms with E-state index in [1.807, 2.05) is 19.9 Å². The predicted octanol–water partition coefficient (Wildman–Crippen LogP) is 3.87. The van der Waals surface area contributed by atoms with Crippen molar-refractivity contribution in [1.29, 1.82) is 0 Å². The van der Waals surface area contributed by atoms with Crippen LogP contribution in [0.4, 0.5) is 0 Å². The first kappa shape index (κ1) is 20.6. The summed E-state index contributed by atoms with van der Waals surface area (Å²) in [7, 11) is 0. The largest absolute Gasteiger partial charge is 0.490 e. The Morgan fingerprint density at radius 2 is 1.92 bits per heavy atom. The number of nitrogens with zero attached hydrogens (tertiary/aromatic N) is 1. The minimum absolute atomic E-state index is 0.0558. The van der Waals surface area contributed by atoms with Gasteiger partial charge in [0.05, 0.1) is 13.2 Å². The Morgan fingerprint density at radius 1 is 1.15 bits per heavy atom. The zero-order chi connectivity index (χ0) is 18.8. The van der Waals surface area contributed by atoms with Gasteiger partial charge in [-0.2, -0.15) is 0 Å². The molecule has 26 heavy (non-hydrogen) atoms. The van der Waals surface area contributed by atoms with E-state index in [1.54, 1.807) is 12.1 Å². The van der Waals surface area contributed by atoms with E-state index < -0.39 is 0 Å². The molecule has 1 amide bonds. The van der Waals surface area contributed by atoms with Crippen LogP contribution < -0.4 is 14.8 Å². The van der Waals surface area contributed by atoms with Crippen LogP contribution in [-0.4, -0.2) is 49.7 Å². The van der Waals surface area contributed by atoms with Crippen molar-refractivity contribution in [2.24, 2.45) is 0 Å². The highest BCUT2D eigenvalue weighted by molar-refractivity contribution is 5.94. The minimum atomic E-state index is -0.0558. The van der Waals surface area contributed by atoms with Gasteiger partial charge in [-0.15, -0.1) is 0 Å². The number of carbonyl (C=O) groups excluding carboxylic acids is 1. The second kappa shape index (κ2) is 11.1. The van der Waals surface area contributed by atoms with Crippen LogP contribution in [0.2, 0.25) is 0 Å². The molecule has 1 fully saturated rings. The summed E-state index contributed by atoms with van der Waals surface area (Å²) >= 11 is 0. The number of hydrogen-bond donors (Lipinski definition) is 1. The summed E-state index contributed by atoms with van der Waals surface area (Å²) in [6, 6.07) is 6.09. The molecule has 0 bridgehead atoms. The summed E-state index contributed by atoms with van der Waals surface area (Å²) in [4.78, 5) is 15.0. The topological polar surface area (TPSA) is 50.8 Å². The van der Waals surface area contributed by atoms with Gasteiger partial charge in [0.2, 0.25) is 0 Å². The van der Waals surface area contributed by atoms with Crippen LogP contribution in [0, 0.1) is 0 Å². The summed E-state index contributed by atoms with van der Waals surface area (Å²) in [5.41, 5.74) is 0.612. The van der Waals surface area contributed by atoms with E-state index in [4.69, 9.17) is 9.47 Å². The molecule has 1 heterocycles. The molecule has 0 radical (unpaired) electrons. The molecule has 2 rings (SSSR count). The maximum absolute atomic E-state index is 12.4. The molecule has 1 saturated heterocycles. The fourth-order valence-corrected chi connectivity index (χ4v) is 3.60. The molecule has 0 aliphatic carbocycles. The molecule has 1 aliphatic rings. The highest BCUT2D eigenvalue weighted by Gasteiger charge is 2.20. The summed E-state index contributed by atoms with van der Waals surface area (Å²) in [5.74, 6) is 1.25. The Hall–Kier alpha value is -1.75. The fourth-order valence-electron chi connectivity index (χ4n) is 3.60. The van der Waals surface area contributed by atoms with E-state index in [0.717, 1.165) is 19.0 Å². The molecular weight excluding hydrogens is 328 g/mol. The summed E-state index contributed by atoms with van der Waals surface area (Å²) in [6.45, 7) is 10.2. The van der Waals surface area contributed by atoms with Crippen LogP contribution in [0.15, 0.2) is 18.2 Å². The van der Waals surface area contributed by atoms with Crippen LogP contribution in [0.25, 0.3) is 0 Å². The number of benzene rings is 1. The zero-order valence-electron chi connectivity index (χ0n) is 16.6. The number of ether oxygens (including phenoxy) is 2. The monoisotopic (exact) mass is 362 g/mol. The molecule has 0 unspecified atom stereocenters. The number of nitrogens with one attached hydrogen (secondary N) is 1. The number of amides is 1. The van der Waals surface area contributed by atoms with Crippen molar-refractivity contribution in [1.82, 2.24) is 10.2 Å². The lowest BCUT2D eigenvalue weighted by atomic mass is 10.00.